The van der Waals surface area contributed by atoms with E-state index < -0.39 is 17.8 Å². The smallest absolute Gasteiger partial charge is 0.430 e. The third kappa shape index (κ3) is 3.42. The second kappa shape index (κ2) is 6.96. The highest BCUT2D eigenvalue weighted by Gasteiger charge is 2.39. The molecule has 1 aliphatic rings. The first-order valence-electron chi connectivity index (χ1n) is 7.83. The van der Waals surface area contributed by atoms with Crippen LogP contribution in [-0.2, 0) is 0 Å². The van der Waals surface area contributed by atoms with Crippen LogP contribution in [0.5, 0.6) is 5.75 Å². The molecule has 0 bridgehead atoms. The van der Waals surface area contributed by atoms with Crippen molar-refractivity contribution >= 4 is 5.70 Å². The van der Waals surface area contributed by atoms with Gasteiger partial charge in [-0.3, -0.25) is 0 Å². The molecular weight excluding hydrogens is 341 g/mol. The second-order valence-corrected chi connectivity index (χ2v) is 5.72. The molecule has 0 saturated heterocycles. The highest BCUT2D eigenvalue weighted by Crippen LogP contribution is 2.39. The maximum Gasteiger partial charge on any atom is 0.430 e. The summed E-state index contributed by atoms with van der Waals surface area (Å²) in [5.41, 5.74) is 0.612. The van der Waals surface area contributed by atoms with Gasteiger partial charge in [-0.2, -0.15) is 18.4 Å². The van der Waals surface area contributed by atoms with Gasteiger partial charge in [-0.05, 0) is 41.5 Å². The van der Waals surface area contributed by atoms with Crippen LogP contribution in [-0.4, -0.2) is 13.3 Å². The summed E-state index contributed by atoms with van der Waals surface area (Å²) < 4.78 is 45.3. The van der Waals surface area contributed by atoms with Crippen LogP contribution in [0.25, 0.3) is 5.70 Å². The molecule has 26 heavy (non-hydrogen) atoms. The topological polar surface area (TPSA) is 45.0 Å². The summed E-state index contributed by atoms with van der Waals surface area (Å²) in [4.78, 5) is 0. The molecule has 132 valence electrons. The average Bonchev–Trinajstić information content (AvgIpc) is 2.67. The fourth-order valence-corrected chi connectivity index (χ4v) is 2.85. The fourth-order valence-electron chi connectivity index (χ4n) is 2.85. The average molecular weight is 356 g/mol. The molecule has 1 unspecified atom stereocenters. The third-order valence-electron chi connectivity index (χ3n) is 4.14. The zero-order valence-electron chi connectivity index (χ0n) is 13.8. The van der Waals surface area contributed by atoms with Crippen molar-refractivity contribution in [2.75, 3.05) is 7.11 Å². The molecule has 0 fully saturated rings. The van der Waals surface area contributed by atoms with Gasteiger partial charge >= 0.3 is 6.18 Å². The van der Waals surface area contributed by atoms with Crippen LogP contribution >= 0.6 is 0 Å². The van der Waals surface area contributed by atoms with Gasteiger partial charge in [-0.15, -0.1) is 0 Å². The first-order valence-corrected chi connectivity index (χ1v) is 7.83. The van der Waals surface area contributed by atoms with Gasteiger partial charge in [0.2, 0.25) is 0 Å². The van der Waals surface area contributed by atoms with Crippen molar-refractivity contribution in [2.24, 2.45) is 0 Å². The van der Waals surface area contributed by atoms with E-state index in [0.29, 0.717) is 16.9 Å². The minimum atomic E-state index is -4.55. The van der Waals surface area contributed by atoms with E-state index >= 15 is 0 Å². The van der Waals surface area contributed by atoms with Crippen LogP contribution in [0.2, 0.25) is 0 Å². The molecule has 2 aromatic rings. The lowest BCUT2D eigenvalue weighted by atomic mass is 9.85. The summed E-state index contributed by atoms with van der Waals surface area (Å²) in [5, 5.41) is 12.1. The lowest BCUT2D eigenvalue weighted by molar-refractivity contribution is -0.0956. The number of dihydropyridines is 1. The summed E-state index contributed by atoms with van der Waals surface area (Å²) in [7, 11) is 1.50. The number of hydrogen-bond donors (Lipinski definition) is 1. The Balaban J connectivity index is 2.15. The number of ether oxygens (including phenoxy) is 1. The molecule has 3 rings (SSSR count). The molecular formula is C20H15F3N2O. The van der Waals surface area contributed by atoms with Crippen molar-refractivity contribution in [2.45, 2.75) is 12.1 Å². The Bertz CT molecular complexity index is 891. The van der Waals surface area contributed by atoms with Gasteiger partial charge in [-0.1, -0.05) is 30.3 Å². The summed E-state index contributed by atoms with van der Waals surface area (Å²) in [6, 6.07) is 17.3. The normalized spacial score (nSPS) is 17.2. The van der Waals surface area contributed by atoms with Crippen molar-refractivity contribution in [3.05, 3.63) is 83.1 Å². The maximum absolute atomic E-state index is 13.4. The Morgan fingerprint density at radius 2 is 1.69 bits per heavy atom. The zero-order chi connectivity index (χ0) is 18.7. The SMILES string of the molecule is COc1ccc(C2=C(C#N)C(c3ccccc3)C=C(C(F)(F)F)N2)cc1. The van der Waals surface area contributed by atoms with Gasteiger partial charge in [0.1, 0.15) is 11.4 Å². The summed E-state index contributed by atoms with van der Waals surface area (Å²) in [6.45, 7) is 0. The standard InChI is InChI=1S/C20H15F3N2O/c1-26-15-9-7-14(8-10-15)19-17(12-24)16(13-5-3-2-4-6-13)11-18(25-19)20(21,22)23/h2-11,16,25H,1H3. The molecule has 0 saturated carbocycles. The Labute approximate surface area is 149 Å². The molecule has 1 aliphatic heterocycles. The van der Waals surface area contributed by atoms with E-state index in [4.69, 9.17) is 4.74 Å². The van der Waals surface area contributed by atoms with Gasteiger partial charge in [-0.25, -0.2) is 0 Å². The van der Waals surface area contributed by atoms with E-state index in [1.165, 1.54) is 7.11 Å². The van der Waals surface area contributed by atoms with Crippen molar-refractivity contribution in [1.29, 1.82) is 5.26 Å². The van der Waals surface area contributed by atoms with E-state index in [0.717, 1.165) is 6.08 Å². The van der Waals surface area contributed by atoms with Crippen LogP contribution in [0.15, 0.2) is 71.9 Å². The summed E-state index contributed by atoms with van der Waals surface area (Å²) in [5.74, 6) is -0.203. The summed E-state index contributed by atoms with van der Waals surface area (Å²) >= 11 is 0. The van der Waals surface area contributed by atoms with Gasteiger partial charge < -0.3 is 10.1 Å². The van der Waals surface area contributed by atoms with Gasteiger partial charge in [0.05, 0.1) is 24.4 Å². The number of alkyl halides is 3. The number of benzene rings is 2. The van der Waals surface area contributed by atoms with Crippen LogP contribution < -0.4 is 10.1 Å². The first kappa shape index (κ1) is 17.6. The Kier molecular flexibility index (Phi) is 4.72. The highest BCUT2D eigenvalue weighted by atomic mass is 19.4. The largest absolute Gasteiger partial charge is 0.497 e. The number of nitrogens with zero attached hydrogens (tertiary/aromatic N) is 1. The van der Waals surface area contributed by atoms with E-state index in [1.807, 2.05) is 0 Å². The molecule has 2 aromatic carbocycles. The molecule has 0 spiro atoms. The number of rotatable bonds is 3. The summed E-state index contributed by atoms with van der Waals surface area (Å²) in [6.07, 6.45) is -3.49. The minimum absolute atomic E-state index is 0.152. The van der Waals surface area contributed by atoms with E-state index in [2.05, 4.69) is 11.4 Å². The molecule has 1 heterocycles. The molecule has 0 aromatic heterocycles. The quantitative estimate of drug-likeness (QED) is 0.862. The first-order chi connectivity index (χ1) is 12.4. The molecule has 6 heteroatoms. The molecule has 0 radical (unpaired) electrons. The van der Waals surface area contributed by atoms with E-state index in [9.17, 15) is 18.4 Å². The highest BCUT2D eigenvalue weighted by molar-refractivity contribution is 5.76. The number of allylic oxidation sites excluding steroid dienone is 3. The number of nitriles is 1. The predicted octanol–water partition coefficient (Wildman–Crippen LogP) is 4.76. The second-order valence-electron chi connectivity index (χ2n) is 5.72. The number of hydrogen-bond acceptors (Lipinski definition) is 3. The van der Waals surface area contributed by atoms with E-state index in [-0.39, 0.29) is 11.3 Å². The lowest BCUT2D eigenvalue weighted by Crippen LogP contribution is -2.30. The Morgan fingerprint density at radius 1 is 1.04 bits per heavy atom. The van der Waals surface area contributed by atoms with Crippen molar-refractivity contribution in [1.82, 2.24) is 5.32 Å². The van der Waals surface area contributed by atoms with Crippen LogP contribution in [0.4, 0.5) is 13.2 Å². The Hall–Kier alpha value is -3.20. The number of halogens is 3. The number of nitrogens with one attached hydrogen (secondary N) is 1. The molecule has 1 N–H and O–H groups in total. The monoisotopic (exact) mass is 356 g/mol. The Morgan fingerprint density at radius 3 is 2.23 bits per heavy atom. The maximum atomic E-state index is 13.4. The van der Waals surface area contributed by atoms with Crippen LogP contribution in [0.3, 0.4) is 0 Å². The van der Waals surface area contributed by atoms with Gasteiger partial charge in [0.25, 0.3) is 0 Å². The number of methoxy groups -OCH3 is 1. The zero-order valence-corrected chi connectivity index (χ0v) is 13.8. The molecule has 0 amide bonds. The van der Waals surface area contributed by atoms with E-state index in [1.54, 1.807) is 54.6 Å². The molecule has 3 nitrogen and oxygen atoms in total. The fraction of sp³-hybridized carbons (Fsp3) is 0.150. The minimum Gasteiger partial charge on any atom is -0.497 e. The van der Waals surface area contributed by atoms with Crippen molar-refractivity contribution in [3.8, 4) is 11.8 Å². The van der Waals surface area contributed by atoms with Crippen molar-refractivity contribution < 1.29 is 17.9 Å². The van der Waals surface area contributed by atoms with Crippen LogP contribution in [0, 0.1) is 11.3 Å². The predicted molar refractivity (Wildman–Crippen MR) is 92.0 cm³/mol. The van der Waals surface area contributed by atoms with Gasteiger partial charge in [0, 0.05) is 5.92 Å². The lowest BCUT2D eigenvalue weighted by Gasteiger charge is -2.27. The van der Waals surface area contributed by atoms with Gasteiger partial charge in [0.15, 0.2) is 0 Å². The molecule has 0 aliphatic carbocycles. The molecule has 1 atom stereocenters. The third-order valence-corrected chi connectivity index (χ3v) is 4.14. The van der Waals surface area contributed by atoms with Crippen molar-refractivity contribution in [3.63, 3.8) is 0 Å². The van der Waals surface area contributed by atoms with Crippen LogP contribution in [0.1, 0.15) is 17.0 Å².